The van der Waals surface area contributed by atoms with Gasteiger partial charge in [0.1, 0.15) is 0 Å². The molecule has 0 bridgehead atoms. The third kappa shape index (κ3) is 4.56. The Labute approximate surface area is 115 Å². The first kappa shape index (κ1) is 15.5. The van der Waals surface area contributed by atoms with Crippen LogP contribution in [-0.4, -0.2) is 45.2 Å². The molecule has 0 aliphatic carbocycles. The Morgan fingerprint density at radius 1 is 1.53 bits per heavy atom. The molecular weight excluding hydrogens is 270 g/mol. The monoisotopic (exact) mass is 287 g/mol. The molecule has 1 aromatic rings. The SMILES string of the molecule is Cn1c(C(=O)NCCSCCCO)ccc1[N+](=O)[O-]. The van der Waals surface area contributed by atoms with E-state index in [-0.39, 0.29) is 24.0 Å². The molecule has 0 radical (unpaired) electrons. The van der Waals surface area contributed by atoms with Crippen LogP contribution in [0.25, 0.3) is 0 Å². The number of amides is 1. The van der Waals surface area contributed by atoms with Crippen molar-refractivity contribution in [2.75, 3.05) is 24.7 Å². The lowest BCUT2D eigenvalue weighted by atomic mass is 10.4. The van der Waals surface area contributed by atoms with Crippen molar-refractivity contribution in [2.24, 2.45) is 7.05 Å². The molecule has 19 heavy (non-hydrogen) atoms. The quantitative estimate of drug-likeness (QED) is 0.418. The summed E-state index contributed by atoms with van der Waals surface area (Å²) in [6, 6.07) is 2.75. The lowest BCUT2D eigenvalue weighted by Crippen LogP contribution is -2.27. The number of carbonyl (C=O) groups excluding carboxylic acids is 1. The second-order valence-electron chi connectivity index (χ2n) is 3.84. The van der Waals surface area contributed by atoms with Gasteiger partial charge in [-0.2, -0.15) is 11.8 Å². The summed E-state index contributed by atoms with van der Waals surface area (Å²) in [6.45, 7) is 0.667. The van der Waals surface area contributed by atoms with Crippen LogP contribution >= 0.6 is 11.8 Å². The fourth-order valence-electron chi connectivity index (χ4n) is 1.51. The maximum Gasteiger partial charge on any atom is 0.323 e. The van der Waals surface area contributed by atoms with Gasteiger partial charge in [0.05, 0.1) is 7.05 Å². The van der Waals surface area contributed by atoms with Gasteiger partial charge in [0.2, 0.25) is 0 Å². The predicted molar refractivity (Wildman–Crippen MR) is 73.4 cm³/mol. The molecule has 0 aliphatic rings. The van der Waals surface area contributed by atoms with Crippen LogP contribution < -0.4 is 5.32 Å². The second-order valence-corrected chi connectivity index (χ2v) is 5.06. The molecule has 2 N–H and O–H groups in total. The van der Waals surface area contributed by atoms with Gasteiger partial charge in [0.25, 0.3) is 5.91 Å². The first-order chi connectivity index (χ1) is 9.07. The molecule has 1 aromatic heterocycles. The van der Waals surface area contributed by atoms with Crippen LogP contribution in [0, 0.1) is 10.1 Å². The fourth-order valence-corrected chi connectivity index (χ4v) is 2.29. The van der Waals surface area contributed by atoms with Gasteiger partial charge in [-0.05, 0) is 23.2 Å². The number of nitro groups is 1. The highest BCUT2D eigenvalue weighted by atomic mass is 32.2. The van der Waals surface area contributed by atoms with E-state index in [1.54, 1.807) is 11.8 Å². The Morgan fingerprint density at radius 2 is 2.26 bits per heavy atom. The second kappa shape index (κ2) is 7.80. The zero-order valence-corrected chi connectivity index (χ0v) is 11.5. The van der Waals surface area contributed by atoms with Crippen molar-refractivity contribution < 1.29 is 14.8 Å². The van der Waals surface area contributed by atoms with Crippen molar-refractivity contribution in [3.63, 3.8) is 0 Å². The Kier molecular flexibility index (Phi) is 6.37. The van der Waals surface area contributed by atoms with E-state index in [1.165, 1.54) is 23.7 Å². The van der Waals surface area contributed by atoms with Crippen molar-refractivity contribution in [2.45, 2.75) is 6.42 Å². The number of hydrogen-bond acceptors (Lipinski definition) is 5. The molecular formula is C11H17N3O4S. The number of carbonyl (C=O) groups is 1. The molecule has 1 heterocycles. The number of hydrogen-bond donors (Lipinski definition) is 2. The van der Waals surface area contributed by atoms with E-state index >= 15 is 0 Å². The topological polar surface area (TPSA) is 97.4 Å². The minimum absolute atomic E-state index is 0.109. The van der Waals surface area contributed by atoms with Gasteiger partial charge in [0.15, 0.2) is 5.69 Å². The summed E-state index contributed by atoms with van der Waals surface area (Å²) in [4.78, 5) is 21.9. The van der Waals surface area contributed by atoms with Crippen molar-refractivity contribution in [3.8, 4) is 0 Å². The van der Waals surface area contributed by atoms with Gasteiger partial charge in [-0.1, -0.05) is 0 Å². The number of aromatic nitrogens is 1. The zero-order valence-electron chi connectivity index (χ0n) is 10.7. The Morgan fingerprint density at radius 3 is 2.84 bits per heavy atom. The van der Waals surface area contributed by atoms with E-state index in [9.17, 15) is 14.9 Å². The summed E-state index contributed by atoms with van der Waals surface area (Å²) < 4.78 is 1.26. The predicted octanol–water partition coefficient (Wildman–Crippen LogP) is 0.779. The van der Waals surface area contributed by atoms with Crippen LogP contribution in [-0.2, 0) is 7.05 Å². The third-order valence-electron chi connectivity index (χ3n) is 2.49. The smallest absolute Gasteiger partial charge is 0.323 e. The van der Waals surface area contributed by atoms with Crippen LogP contribution in [0.15, 0.2) is 12.1 Å². The van der Waals surface area contributed by atoms with Gasteiger partial charge in [0, 0.05) is 25.0 Å². The van der Waals surface area contributed by atoms with Crippen LogP contribution in [0.4, 0.5) is 5.82 Å². The normalized spacial score (nSPS) is 10.4. The summed E-state index contributed by atoms with van der Waals surface area (Å²) >= 11 is 1.64. The maximum absolute atomic E-state index is 11.8. The lowest BCUT2D eigenvalue weighted by molar-refractivity contribution is -0.391. The molecule has 0 atom stereocenters. The number of aliphatic hydroxyl groups is 1. The number of rotatable bonds is 8. The van der Waals surface area contributed by atoms with Crippen molar-refractivity contribution in [1.29, 1.82) is 0 Å². The minimum Gasteiger partial charge on any atom is -0.396 e. The number of thioether (sulfide) groups is 1. The molecule has 8 heteroatoms. The molecule has 0 saturated carbocycles. The number of nitrogens with zero attached hydrogens (tertiary/aromatic N) is 2. The molecule has 1 rings (SSSR count). The van der Waals surface area contributed by atoms with E-state index in [0.29, 0.717) is 6.54 Å². The number of nitrogens with one attached hydrogen (secondary N) is 1. The summed E-state index contributed by atoms with van der Waals surface area (Å²) in [6.07, 6.45) is 0.739. The average Bonchev–Trinajstić information content (AvgIpc) is 2.75. The van der Waals surface area contributed by atoms with E-state index in [0.717, 1.165) is 17.9 Å². The van der Waals surface area contributed by atoms with Crippen LogP contribution in [0.3, 0.4) is 0 Å². The van der Waals surface area contributed by atoms with Gasteiger partial charge in [-0.3, -0.25) is 4.79 Å². The molecule has 0 unspecified atom stereocenters. The van der Waals surface area contributed by atoms with Gasteiger partial charge in [-0.25, -0.2) is 4.57 Å². The Hall–Kier alpha value is -1.54. The average molecular weight is 287 g/mol. The molecule has 1 amide bonds. The number of aliphatic hydroxyl groups excluding tert-OH is 1. The standard InChI is InChI=1S/C11H17N3O4S/c1-13-9(3-4-10(13)14(17)18)11(16)12-5-8-19-7-2-6-15/h3-4,15H,2,5-8H2,1H3,(H,12,16). The molecule has 0 saturated heterocycles. The summed E-state index contributed by atoms with van der Waals surface area (Å²) in [5, 5.41) is 21.9. The van der Waals surface area contributed by atoms with Crippen LogP contribution in [0.1, 0.15) is 16.9 Å². The molecule has 0 spiro atoms. The third-order valence-corrected chi connectivity index (χ3v) is 3.56. The molecule has 7 nitrogen and oxygen atoms in total. The zero-order chi connectivity index (χ0) is 14.3. The Balaban J connectivity index is 2.40. The summed E-state index contributed by atoms with van der Waals surface area (Å²) in [7, 11) is 1.49. The highest BCUT2D eigenvalue weighted by Gasteiger charge is 2.19. The van der Waals surface area contributed by atoms with E-state index in [4.69, 9.17) is 5.11 Å². The first-order valence-electron chi connectivity index (χ1n) is 5.85. The maximum atomic E-state index is 11.8. The molecule has 106 valence electrons. The van der Waals surface area contributed by atoms with Crippen molar-refractivity contribution >= 4 is 23.5 Å². The molecule has 0 aromatic carbocycles. The Bertz CT molecular complexity index is 447. The molecule has 0 aliphatic heterocycles. The van der Waals surface area contributed by atoms with Crippen molar-refractivity contribution in [3.05, 3.63) is 27.9 Å². The highest BCUT2D eigenvalue weighted by molar-refractivity contribution is 7.99. The summed E-state index contributed by atoms with van der Waals surface area (Å²) in [5.41, 5.74) is 0.270. The molecule has 0 fully saturated rings. The van der Waals surface area contributed by atoms with E-state index in [1.807, 2.05) is 0 Å². The lowest BCUT2D eigenvalue weighted by Gasteiger charge is -2.04. The minimum atomic E-state index is -0.526. The summed E-state index contributed by atoms with van der Waals surface area (Å²) in [5.74, 6) is 1.17. The van der Waals surface area contributed by atoms with Crippen molar-refractivity contribution in [1.82, 2.24) is 9.88 Å². The van der Waals surface area contributed by atoms with Gasteiger partial charge >= 0.3 is 5.82 Å². The van der Waals surface area contributed by atoms with Gasteiger partial charge in [-0.15, -0.1) is 0 Å². The van der Waals surface area contributed by atoms with Crippen LogP contribution in [0.2, 0.25) is 0 Å². The van der Waals surface area contributed by atoms with Crippen LogP contribution in [0.5, 0.6) is 0 Å². The first-order valence-corrected chi connectivity index (χ1v) is 7.00. The fraction of sp³-hybridized carbons (Fsp3) is 0.545. The van der Waals surface area contributed by atoms with E-state index in [2.05, 4.69) is 5.32 Å². The van der Waals surface area contributed by atoms with Gasteiger partial charge < -0.3 is 20.5 Å². The largest absolute Gasteiger partial charge is 0.396 e. The highest BCUT2D eigenvalue weighted by Crippen LogP contribution is 2.14. The van der Waals surface area contributed by atoms with E-state index < -0.39 is 4.92 Å².